The number of benzene rings is 1. The summed E-state index contributed by atoms with van der Waals surface area (Å²) in [6.07, 6.45) is 6.32. The maximum atomic E-state index is 12.4. The van der Waals surface area contributed by atoms with E-state index in [4.69, 9.17) is 0 Å². The van der Waals surface area contributed by atoms with Crippen LogP contribution >= 0.6 is 11.3 Å². The smallest absolute Gasteiger partial charge is 0.229 e. The van der Waals surface area contributed by atoms with Crippen LogP contribution in [0.5, 0.6) is 0 Å². The minimum absolute atomic E-state index is 0.0201. The van der Waals surface area contributed by atoms with Crippen molar-refractivity contribution >= 4 is 22.4 Å². The van der Waals surface area contributed by atoms with Crippen LogP contribution in [0.3, 0.4) is 0 Å². The SMILES string of the molecule is Cc1cccc(-c2cnc(NC(=O)[C@@H]3C[C@H]3c3cncn3C)s2)c1. The first kappa shape index (κ1) is 15.1. The largest absolute Gasteiger partial charge is 0.337 e. The van der Waals surface area contributed by atoms with Gasteiger partial charge in [0.25, 0.3) is 0 Å². The second-order valence-electron chi connectivity index (χ2n) is 6.27. The molecular formula is C18H18N4OS. The molecule has 0 unspecified atom stereocenters. The number of thiazole rings is 1. The molecule has 5 nitrogen and oxygen atoms in total. The molecule has 0 spiro atoms. The summed E-state index contributed by atoms with van der Waals surface area (Å²) in [7, 11) is 1.96. The van der Waals surface area contributed by atoms with Crippen molar-refractivity contribution in [2.24, 2.45) is 13.0 Å². The summed E-state index contributed by atoms with van der Waals surface area (Å²) in [5.74, 6) is 0.340. The molecule has 1 aromatic carbocycles. The molecule has 0 radical (unpaired) electrons. The lowest BCUT2D eigenvalue weighted by Gasteiger charge is -2.02. The fourth-order valence-corrected chi connectivity index (χ4v) is 3.81. The number of aryl methyl sites for hydroxylation is 2. The third kappa shape index (κ3) is 2.85. The van der Waals surface area contributed by atoms with Crippen LogP contribution in [0.15, 0.2) is 43.0 Å². The van der Waals surface area contributed by atoms with Gasteiger partial charge in [-0.15, -0.1) is 0 Å². The van der Waals surface area contributed by atoms with Gasteiger partial charge in [-0.05, 0) is 18.9 Å². The Balaban J connectivity index is 1.43. The predicted molar refractivity (Wildman–Crippen MR) is 95.0 cm³/mol. The predicted octanol–water partition coefficient (Wildman–Crippen LogP) is 3.59. The van der Waals surface area contributed by atoms with Crippen LogP contribution in [0.25, 0.3) is 10.4 Å². The van der Waals surface area contributed by atoms with Gasteiger partial charge in [0.05, 0.1) is 11.2 Å². The molecule has 3 aromatic rings. The maximum absolute atomic E-state index is 12.4. The van der Waals surface area contributed by atoms with Gasteiger partial charge in [-0.3, -0.25) is 4.79 Å². The molecule has 1 saturated carbocycles. The number of hydrogen-bond acceptors (Lipinski definition) is 4. The number of aromatic nitrogens is 3. The van der Waals surface area contributed by atoms with Crippen molar-refractivity contribution in [2.45, 2.75) is 19.3 Å². The quantitative estimate of drug-likeness (QED) is 0.791. The minimum Gasteiger partial charge on any atom is -0.337 e. The van der Waals surface area contributed by atoms with Crippen LogP contribution in [0.1, 0.15) is 23.6 Å². The van der Waals surface area contributed by atoms with E-state index in [2.05, 4.69) is 40.4 Å². The molecule has 2 aromatic heterocycles. The summed E-state index contributed by atoms with van der Waals surface area (Å²) in [6.45, 7) is 2.07. The zero-order valence-electron chi connectivity index (χ0n) is 13.6. The molecular weight excluding hydrogens is 320 g/mol. The number of anilines is 1. The standard InChI is InChI=1S/C18H18N4OS/c1-11-4-3-5-12(6-11)16-9-20-18(24-16)21-17(23)14-7-13(14)15-8-19-10-22(15)2/h3-6,8-10,13-14H,7H2,1-2H3,(H,20,21,23)/t13-,14-/m1/s1. The number of amides is 1. The van der Waals surface area contributed by atoms with Crippen molar-refractivity contribution in [3.8, 4) is 10.4 Å². The van der Waals surface area contributed by atoms with Gasteiger partial charge in [0.1, 0.15) is 0 Å². The first-order chi connectivity index (χ1) is 11.6. The second kappa shape index (κ2) is 5.87. The van der Waals surface area contributed by atoms with Gasteiger partial charge in [-0.1, -0.05) is 41.2 Å². The molecule has 122 valence electrons. The van der Waals surface area contributed by atoms with Crippen molar-refractivity contribution in [3.63, 3.8) is 0 Å². The van der Waals surface area contributed by atoms with Gasteiger partial charge < -0.3 is 9.88 Å². The summed E-state index contributed by atoms with van der Waals surface area (Å²) in [4.78, 5) is 22.0. The Morgan fingerprint density at radius 1 is 1.38 bits per heavy atom. The lowest BCUT2D eigenvalue weighted by molar-refractivity contribution is -0.117. The lowest BCUT2D eigenvalue weighted by Crippen LogP contribution is -2.14. The summed E-state index contributed by atoms with van der Waals surface area (Å²) in [5.41, 5.74) is 3.46. The van der Waals surface area contributed by atoms with Crippen LogP contribution < -0.4 is 5.32 Å². The van der Waals surface area contributed by atoms with E-state index in [1.54, 1.807) is 6.33 Å². The van der Waals surface area contributed by atoms with Crippen LogP contribution in [0.2, 0.25) is 0 Å². The van der Waals surface area contributed by atoms with Crippen molar-refractivity contribution < 1.29 is 4.79 Å². The first-order valence-electron chi connectivity index (χ1n) is 7.92. The number of rotatable bonds is 4. The topological polar surface area (TPSA) is 59.8 Å². The van der Waals surface area contributed by atoms with Crippen molar-refractivity contribution in [2.75, 3.05) is 5.32 Å². The second-order valence-corrected chi connectivity index (χ2v) is 7.30. The summed E-state index contributed by atoms with van der Waals surface area (Å²) < 4.78 is 1.98. The Hall–Kier alpha value is -2.47. The van der Waals surface area contributed by atoms with E-state index in [0.717, 1.165) is 22.6 Å². The van der Waals surface area contributed by atoms with E-state index in [1.807, 2.05) is 30.1 Å². The highest BCUT2D eigenvalue weighted by Gasteiger charge is 2.45. The number of hydrogen-bond donors (Lipinski definition) is 1. The third-order valence-electron chi connectivity index (χ3n) is 4.40. The Morgan fingerprint density at radius 2 is 2.25 bits per heavy atom. The molecule has 0 aliphatic heterocycles. The van der Waals surface area contributed by atoms with Gasteiger partial charge >= 0.3 is 0 Å². The summed E-state index contributed by atoms with van der Waals surface area (Å²) in [5, 5.41) is 3.62. The van der Waals surface area contributed by atoms with Crippen LogP contribution in [-0.2, 0) is 11.8 Å². The van der Waals surface area contributed by atoms with Crippen molar-refractivity contribution in [3.05, 3.63) is 54.2 Å². The molecule has 1 aliphatic rings. The third-order valence-corrected chi connectivity index (χ3v) is 5.36. The molecule has 1 fully saturated rings. The number of carbonyl (C=O) groups excluding carboxylic acids is 1. The summed E-state index contributed by atoms with van der Waals surface area (Å²) >= 11 is 1.51. The fraction of sp³-hybridized carbons (Fsp3) is 0.278. The highest BCUT2D eigenvalue weighted by Crippen LogP contribution is 2.47. The van der Waals surface area contributed by atoms with E-state index in [1.165, 1.54) is 16.9 Å². The number of carbonyl (C=O) groups is 1. The average Bonchev–Trinajstić information content (AvgIpc) is 3.01. The summed E-state index contributed by atoms with van der Waals surface area (Å²) in [6, 6.07) is 8.29. The maximum Gasteiger partial charge on any atom is 0.229 e. The molecule has 2 atom stereocenters. The average molecular weight is 338 g/mol. The van der Waals surface area contributed by atoms with E-state index in [9.17, 15) is 4.79 Å². The van der Waals surface area contributed by atoms with Gasteiger partial charge in [0.15, 0.2) is 5.13 Å². The Kier molecular flexibility index (Phi) is 3.69. The molecule has 4 rings (SSSR count). The van der Waals surface area contributed by atoms with E-state index < -0.39 is 0 Å². The highest BCUT2D eigenvalue weighted by molar-refractivity contribution is 7.19. The molecule has 6 heteroatoms. The minimum atomic E-state index is 0.0201. The zero-order chi connectivity index (χ0) is 16.7. The Morgan fingerprint density at radius 3 is 3.00 bits per heavy atom. The Labute approximate surface area is 144 Å². The van der Waals surface area contributed by atoms with E-state index in [-0.39, 0.29) is 17.7 Å². The lowest BCUT2D eigenvalue weighted by atomic mass is 10.1. The van der Waals surface area contributed by atoms with E-state index >= 15 is 0 Å². The van der Waals surface area contributed by atoms with Gasteiger partial charge in [-0.25, -0.2) is 9.97 Å². The molecule has 24 heavy (non-hydrogen) atoms. The molecule has 0 bridgehead atoms. The van der Waals surface area contributed by atoms with Crippen molar-refractivity contribution in [1.82, 2.24) is 14.5 Å². The molecule has 1 amide bonds. The number of nitrogens with zero attached hydrogens (tertiary/aromatic N) is 3. The molecule has 1 N–H and O–H groups in total. The van der Waals surface area contributed by atoms with Gasteiger partial charge in [-0.2, -0.15) is 0 Å². The molecule has 0 saturated heterocycles. The highest BCUT2D eigenvalue weighted by atomic mass is 32.1. The fourth-order valence-electron chi connectivity index (χ4n) is 3.00. The first-order valence-corrected chi connectivity index (χ1v) is 8.73. The van der Waals surface area contributed by atoms with Crippen molar-refractivity contribution in [1.29, 1.82) is 0 Å². The van der Waals surface area contributed by atoms with Crippen LogP contribution in [0, 0.1) is 12.8 Å². The normalized spacial score (nSPS) is 19.2. The Bertz CT molecular complexity index is 898. The van der Waals surface area contributed by atoms with E-state index in [0.29, 0.717) is 5.13 Å². The van der Waals surface area contributed by atoms with Gasteiger partial charge in [0.2, 0.25) is 5.91 Å². The molecule has 1 aliphatic carbocycles. The number of nitrogens with one attached hydrogen (secondary N) is 1. The van der Waals surface area contributed by atoms with Gasteiger partial charge in [0, 0.05) is 37.0 Å². The monoisotopic (exact) mass is 338 g/mol. The van der Waals surface area contributed by atoms with Crippen LogP contribution in [-0.4, -0.2) is 20.4 Å². The number of imidazole rings is 1. The molecule has 2 heterocycles. The zero-order valence-corrected chi connectivity index (χ0v) is 14.4. The van der Waals surface area contributed by atoms with Crippen LogP contribution in [0.4, 0.5) is 5.13 Å².